The van der Waals surface area contributed by atoms with E-state index < -0.39 is 27.5 Å². The third-order valence-corrected chi connectivity index (χ3v) is 7.51. The van der Waals surface area contributed by atoms with Crippen molar-refractivity contribution in [3.8, 4) is 0 Å². The zero-order valence-electron chi connectivity index (χ0n) is 17.2. The van der Waals surface area contributed by atoms with Crippen molar-refractivity contribution in [3.05, 3.63) is 35.9 Å². The summed E-state index contributed by atoms with van der Waals surface area (Å²) in [5, 5.41) is 2.57. The Morgan fingerprint density at radius 2 is 1.80 bits per heavy atom. The van der Waals surface area contributed by atoms with Crippen LogP contribution >= 0.6 is 0 Å². The van der Waals surface area contributed by atoms with Crippen LogP contribution in [0.5, 0.6) is 0 Å². The average Bonchev–Trinajstić information content (AvgIpc) is 3.28. The molecular weight excluding hydrogens is 408 g/mol. The third kappa shape index (κ3) is 3.47. The fourth-order valence-corrected chi connectivity index (χ4v) is 5.96. The molecule has 162 valence electrons. The average molecular weight is 435 g/mol. The molecule has 0 bridgehead atoms. The van der Waals surface area contributed by atoms with Crippen LogP contribution < -0.4 is 5.32 Å². The number of nitrogens with one attached hydrogen (secondary N) is 1. The Morgan fingerprint density at radius 1 is 1.13 bits per heavy atom. The van der Waals surface area contributed by atoms with E-state index in [2.05, 4.69) is 5.32 Å². The van der Waals surface area contributed by atoms with E-state index in [1.54, 1.807) is 18.7 Å². The van der Waals surface area contributed by atoms with Crippen LogP contribution in [0.4, 0.5) is 4.79 Å². The molecule has 10 heteroatoms. The van der Waals surface area contributed by atoms with Crippen molar-refractivity contribution in [1.29, 1.82) is 0 Å². The van der Waals surface area contributed by atoms with Gasteiger partial charge in [-0.05, 0) is 25.3 Å². The number of likely N-dealkylation sites (tertiary alicyclic amines) is 1. The normalized spacial score (nSPS) is 28.7. The van der Waals surface area contributed by atoms with Crippen LogP contribution in [0.3, 0.4) is 0 Å². The van der Waals surface area contributed by atoms with E-state index >= 15 is 0 Å². The van der Waals surface area contributed by atoms with Crippen LogP contribution in [-0.4, -0.2) is 78.3 Å². The smallest absolute Gasteiger partial charge is 0.325 e. The lowest BCUT2D eigenvalue weighted by atomic mass is 9.90. The van der Waals surface area contributed by atoms with Crippen LogP contribution in [0.1, 0.15) is 25.5 Å². The zero-order chi connectivity index (χ0) is 21.8. The number of fused-ring (bicyclic) bond motifs is 1. The van der Waals surface area contributed by atoms with E-state index in [9.17, 15) is 22.8 Å². The van der Waals surface area contributed by atoms with Crippen LogP contribution in [0.15, 0.2) is 30.3 Å². The minimum absolute atomic E-state index is 0.00780. The van der Waals surface area contributed by atoms with Gasteiger partial charge in [0.1, 0.15) is 12.1 Å². The number of hydrogen-bond acceptors (Lipinski definition) is 5. The SMILES string of the molecule is CC1(C)NC(=O)N(CC(=O)N2C[C@@H]3CN(S(C)(=O)=O)[C@@H](c4ccccc4)[C@@H]3C2)C1=O. The molecular formula is C20H26N4O5S. The van der Waals surface area contributed by atoms with Crippen molar-refractivity contribution < 1.29 is 22.8 Å². The van der Waals surface area contributed by atoms with E-state index in [4.69, 9.17) is 0 Å². The van der Waals surface area contributed by atoms with Gasteiger partial charge in [-0.2, -0.15) is 4.31 Å². The summed E-state index contributed by atoms with van der Waals surface area (Å²) in [5.41, 5.74) is -0.117. The molecule has 0 aliphatic carbocycles. The summed E-state index contributed by atoms with van der Waals surface area (Å²) in [6, 6.07) is 8.55. The molecule has 0 saturated carbocycles. The van der Waals surface area contributed by atoms with Crippen molar-refractivity contribution in [2.75, 3.05) is 32.4 Å². The minimum atomic E-state index is -3.40. The molecule has 0 aromatic heterocycles. The van der Waals surface area contributed by atoms with Crippen LogP contribution in [0.25, 0.3) is 0 Å². The molecule has 3 aliphatic heterocycles. The Bertz CT molecular complexity index is 994. The quantitative estimate of drug-likeness (QED) is 0.691. The number of urea groups is 1. The van der Waals surface area contributed by atoms with Crippen molar-refractivity contribution in [2.45, 2.75) is 25.4 Å². The van der Waals surface area contributed by atoms with Crippen LogP contribution in [-0.2, 0) is 19.6 Å². The maximum Gasteiger partial charge on any atom is 0.325 e. The number of carbonyl (C=O) groups is 3. The third-order valence-electron chi connectivity index (χ3n) is 6.28. The standard InChI is InChI=1S/C20H26N4O5S/c1-20(2)18(26)23(19(27)21-20)12-16(25)22-9-14-10-24(30(3,28)29)17(15(14)11-22)13-7-5-4-6-8-13/h4-8,14-15,17H,9-12H2,1-3H3,(H,21,27)/t14-,15-,17+/m1/s1. The molecule has 0 spiro atoms. The topological polar surface area (TPSA) is 107 Å². The van der Waals surface area contributed by atoms with Gasteiger partial charge in [-0.1, -0.05) is 30.3 Å². The molecule has 1 aromatic rings. The highest BCUT2D eigenvalue weighted by Gasteiger charge is 2.52. The number of sulfonamides is 1. The number of nitrogens with zero attached hydrogens (tertiary/aromatic N) is 3. The highest BCUT2D eigenvalue weighted by atomic mass is 32.2. The molecule has 1 aromatic carbocycles. The predicted molar refractivity (Wildman–Crippen MR) is 109 cm³/mol. The van der Waals surface area contributed by atoms with E-state index in [1.165, 1.54) is 10.6 Å². The number of rotatable bonds is 4. The maximum absolute atomic E-state index is 12.9. The number of hydrogen-bond donors (Lipinski definition) is 1. The molecule has 3 heterocycles. The maximum atomic E-state index is 12.9. The second-order valence-electron chi connectivity index (χ2n) is 8.86. The van der Waals surface area contributed by atoms with Gasteiger partial charge < -0.3 is 10.2 Å². The fraction of sp³-hybridized carbons (Fsp3) is 0.550. The Kier molecular flexibility index (Phi) is 4.89. The first-order valence-electron chi connectivity index (χ1n) is 9.92. The van der Waals surface area contributed by atoms with E-state index in [0.29, 0.717) is 19.6 Å². The van der Waals surface area contributed by atoms with Crippen molar-refractivity contribution in [3.63, 3.8) is 0 Å². The van der Waals surface area contributed by atoms with Crippen molar-refractivity contribution >= 4 is 27.9 Å². The number of imide groups is 1. The van der Waals surface area contributed by atoms with Gasteiger partial charge in [-0.15, -0.1) is 0 Å². The minimum Gasteiger partial charge on any atom is -0.340 e. The van der Waals surface area contributed by atoms with Gasteiger partial charge in [0.05, 0.1) is 12.3 Å². The second-order valence-corrected chi connectivity index (χ2v) is 10.8. The lowest BCUT2D eigenvalue weighted by Crippen LogP contribution is -2.45. The van der Waals surface area contributed by atoms with Gasteiger partial charge in [0, 0.05) is 25.6 Å². The first-order valence-corrected chi connectivity index (χ1v) is 11.8. The number of amides is 4. The first kappa shape index (κ1) is 20.8. The van der Waals surface area contributed by atoms with Gasteiger partial charge in [0.25, 0.3) is 5.91 Å². The molecule has 3 atom stereocenters. The van der Waals surface area contributed by atoms with Gasteiger partial charge >= 0.3 is 6.03 Å². The molecule has 0 unspecified atom stereocenters. The van der Waals surface area contributed by atoms with Gasteiger partial charge in [0.2, 0.25) is 15.9 Å². The molecule has 9 nitrogen and oxygen atoms in total. The summed E-state index contributed by atoms with van der Waals surface area (Å²) >= 11 is 0. The van der Waals surface area contributed by atoms with Crippen LogP contribution in [0, 0.1) is 11.8 Å². The summed E-state index contributed by atoms with van der Waals surface area (Å²) in [4.78, 5) is 39.9. The van der Waals surface area contributed by atoms with Crippen molar-refractivity contribution in [1.82, 2.24) is 19.4 Å². The molecule has 0 radical (unpaired) electrons. The monoisotopic (exact) mass is 434 g/mol. The molecule has 30 heavy (non-hydrogen) atoms. The lowest BCUT2D eigenvalue weighted by molar-refractivity contribution is -0.138. The first-order chi connectivity index (χ1) is 14.0. The number of carbonyl (C=O) groups excluding carboxylic acids is 3. The van der Waals surface area contributed by atoms with Gasteiger partial charge in [0.15, 0.2) is 0 Å². The van der Waals surface area contributed by atoms with E-state index in [-0.39, 0.29) is 30.3 Å². The van der Waals surface area contributed by atoms with E-state index in [1.807, 2.05) is 30.3 Å². The summed E-state index contributed by atoms with van der Waals surface area (Å²) in [6.07, 6.45) is 1.21. The zero-order valence-corrected chi connectivity index (χ0v) is 18.1. The van der Waals surface area contributed by atoms with Gasteiger partial charge in [-0.25, -0.2) is 13.2 Å². The summed E-state index contributed by atoms with van der Waals surface area (Å²) in [6.45, 7) is 4.04. The summed E-state index contributed by atoms with van der Waals surface area (Å²) in [7, 11) is -3.40. The molecule has 1 N–H and O–H groups in total. The summed E-state index contributed by atoms with van der Waals surface area (Å²) < 4.78 is 26.3. The Balaban J connectivity index is 1.52. The predicted octanol–water partition coefficient (Wildman–Crippen LogP) is 0.408. The molecule has 4 amide bonds. The molecule has 3 saturated heterocycles. The van der Waals surface area contributed by atoms with Crippen molar-refractivity contribution in [2.24, 2.45) is 11.8 Å². The molecule has 3 fully saturated rings. The molecule has 4 rings (SSSR count). The largest absolute Gasteiger partial charge is 0.340 e. The Hall–Kier alpha value is -2.46. The van der Waals surface area contributed by atoms with Gasteiger partial charge in [-0.3, -0.25) is 14.5 Å². The summed E-state index contributed by atoms with van der Waals surface area (Å²) in [5.74, 6) is -0.756. The van der Waals surface area contributed by atoms with Crippen LogP contribution in [0.2, 0.25) is 0 Å². The van der Waals surface area contributed by atoms with E-state index in [0.717, 1.165) is 10.5 Å². The molecule has 3 aliphatic rings. The second kappa shape index (κ2) is 7.05. The fourth-order valence-electron chi connectivity index (χ4n) is 4.81. The lowest BCUT2D eigenvalue weighted by Gasteiger charge is -2.28. The Labute approximate surface area is 176 Å². The Morgan fingerprint density at radius 3 is 2.37 bits per heavy atom. The highest BCUT2D eigenvalue weighted by molar-refractivity contribution is 7.88. The number of benzene rings is 1. The highest BCUT2D eigenvalue weighted by Crippen LogP contribution is 2.46.